The van der Waals surface area contributed by atoms with Gasteiger partial charge in [-0.3, -0.25) is 4.79 Å². The van der Waals surface area contributed by atoms with Gasteiger partial charge in [0.2, 0.25) is 0 Å². The largest absolute Gasteiger partial charge is 0.371 e. The van der Waals surface area contributed by atoms with Crippen LogP contribution < -0.4 is 5.32 Å². The highest BCUT2D eigenvalue weighted by Gasteiger charge is 2.29. The number of H-pyrrole nitrogens is 1. The van der Waals surface area contributed by atoms with Crippen molar-refractivity contribution < 1.29 is 9.53 Å². The van der Waals surface area contributed by atoms with Gasteiger partial charge in [0, 0.05) is 16.4 Å². The van der Waals surface area contributed by atoms with Crippen LogP contribution in [0, 0.1) is 10.5 Å². The zero-order valence-corrected chi connectivity index (χ0v) is 14.6. The maximum Gasteiger partial charge on any atom is 0.268 e. The molecule has 3 rings (SSSR count). The van der Waals surface area contributed by atoms with Crippen LogP contribution in [-0.4, -0.2) is 23.5 Å². The van der Waals surface area contributed by atoms with Gasteiger partial charge in [-0.15, -0.1) is 0 Å². The molecule has 1 saturated heterocycles. The van der Waals surface area contributed by atoms with Crippen LogP contribution in [0.2, 0.25) is 0 Å². The zero-order chi connectivity index (χ0) is 15.5. The Labute approximate surface area is 143 Å². The van der Waals surface area contributed by atoms with E-state index in [-0.39, 0.29) is 18.1 Å². The summed E-state index contributed by atoms with van der Waals surface area (Å²) in [5, 5.41) is 3.11. The fraction of sp³-hybridized carbons (Fsp3) is 0.353. The highest BCUT2D eigenvalue weighted by Crippen LogP contribution is 2.29. The van der Waals surface area contributed by atoms with Gasteiger partial charge in [-0.25, -0.2) is 0 Å². The SMILES string of the molecule is Cc1ccc(C2OCCCC2NC(=O)c2cc(I)c[nH]2)cc1. The van der Waals surface area contributed by atoms with Crippen LogP contribution in [0.5, 0.6) is 0 Å². The number of carbonyl (C=O) groups is 1. The molecule has 116 valence electrons. The Morgan fingerprint density at radius 2 is 2.14 bits per heavy atom. The second-order valence-corrected chi connectivity index (χ2v) is 6.90. The Hall–Kier alpha value is -1.34. The molecule has 1 aromatic carbocycles. The third-order valence-electron chi connectivity index (χ3n) is 3.94. The van der Waals surface area contributed by atoms with Gasteiger partial charge in [0.1, 0.15) is 11.8 Å². The quantitative estimate of drug-likeness (QED) is 0.761. The van der Waals surface area contributed by atoms with Gasteiger partial charge in [0.15, 0.2) is 0 Å². The van der Waals surface area contributed by atoms with E-state index < -0.39 is 0 Å². The monoisotopic (exact) mass is 410 g/mol. The third-order valence-corrected chi connectivity index (χ3v) is 4.56. The molecule has 1 aromatic heterocycles. The molecule has 0 spiro atoms. The molecule has 2 heterocycles. The van der Waals surface area contributed by atoms with Gasteiger partial charge in [0.25, 0.3) is 5.91 Å². The summed E-state index contributed by atoms with van der Waals surface area (Å²) >= 11 is 2.19. The third kappa shape index (κ3) is 3.52. The number of benzene rings is 1. The lowest BCUT2D eigenvalue weighted by Gasteiger charge is -2.32. The van der Waals surface area contributed by atoms with E-state index in [1.165, 1.54) is 5.56 Å². The Morgan fingerprint density at radius 1 is 1.36 bits per heavy atom. The summed E-state index contributed by atoms with van der Waals surface area (Å²) in [6.07, 6.45) is 3.65. The van der Waals surface area contributed by atoms with E-state index in [1.807, 2.05) is 12.3 Å². The molecule has 2 unspecified atom stereocenters. The number of aryl methyl sites for hydroxylation is 1. The lowest BCUT2D eigenvalue weighted by Crippen LogP contribution is -2.42. The van der Waals surface area contributed by atoms with Crippen molar-refractivity contribution in [3.05, 3.63) is 56.9 Å². The predicted octanol–water partition coefficient (Wildman–Crippen LogP) is 3.58. The zero-order valence-electron chi connectivity index (χ0n) is 12.4. The number of hydrogen-bond donors (Lipinski definition) is 2. The Kier molecular flexibility index (Phi) is 4.83. The van der Waals surface area contributed by atoms with E-state index in [0.29, 0.717) is 5.69 Å². The first-order valence-corrected chi connectivity index (χ1v) is 8.54. The minimum absolute atomic E-state index is 0.00455. The summed E-state index contributed by atoms with van der Waals surface area (Å²) in [6, 6.07) is 10.2. The molecule has 2 atom stereocenters. The number of aromatic amines is 1. The molecule has 1 amide bonds. The lowest BCUT2D eigenvalue weighted by atomic mass is 9.95. The van der Waals surface area contributed by atoms with Crippen LogP contribution >= 0.6 is 22.6 Å². The number of halogens is 1. The average Bonchev–Trinajstić information content (AvgIpc) is 2.95. The predicted molar refractivity (Wildman–Crippen MR) is 93.9 cm³/mol. The smallest absolute Gasteiger partial charge is 0.268 e. The Morgan fingerprint density at radius 3 is 2.82 bits per heavy atom. The molecule has 0 radical (unpaired) electrons. The highest BCUT2D eigenvalue weighted by molar-refractivity contribution is 14.1. The maximum absolute atomic E-state index is 12.4. The summed E-state index contributed by atoms with van der Waals surface area (Å²) < 4.78 is 6.96. The second-order valence-electron chi connectivity index (χ2n) is 5.66. The average molecular weight is 410 g/mol. The summed E-state index contributed by atoms with van der Waals surface area (Å²) in [7, 11) is 0. The first-order chi connectivity index (χ1) is 10.6. The van der Waals surface area contributed by atoms with Crippen molar-refractivity contribution in [3.63, 3.8) is 0 Å². The summed E-state index contributed by atoms with van der Waals surface area (Å²) in [5.74, 6) is -0.0736. The van der Waals surface area contributed by atoms with E-state index in [2.05, 4.69) is 64.1 Å². The van der Waals surface area contributed by atoms with Crippen LogP contribution in [0.1, 0.15) is 40.6 Å². The molecule has 0 bridgehead atoms. The molecular formula is C17H19IN2O2. The first-order valence-electron chi connectivity index (χ1n) is 7.46. The van der Waals surface area contributed by atoms with Gasteiger partial charge in [0.05, 0.1) is 6.04 Å². The second kappa shape index (κ2) is 6.83. The molecule has 1 aliphatic heterocycles. The molecule has 22 heavy (non-hydrogen) atoms. The van der Waals surface area contributed by atoms with Crippen molar-refractivity contribution in [1.29, 1.82) is 0 Å². The molecule has 0 aliphatic carbocycles. The fourth-order valence-corrected chi connectivity index (χ4v) is 3.23. The van der Waals surface area contributed by atoms with E-state index in [9.17, 15) is 4.79 Å². The molecule has 1 aliphatic rings. The minimum atomic E-state index is -0.0765. The Balaban J connectivity index is 1.75. The highest BCUT2D eigenvalue weighted by atomic mass is 127. The van der Waals surface area contributed by atoms with Crippen molar-refractivity contribution >= 4 is 28.5 Å². The van der Waals surface area contributed by atoms with Gasteiger partial charge >= 0.3 is 0 Å². The minimum Gasteiger partial charge on any atom is -0.371 e. The number of amides is 1. The van der Waals surface area contributed by atoms with Crippen LogP contribution in [-0.2, 0) is 4.74 Å². The van der Waals surface area contributed by atoms with Crippen LogP contribution in [0.15, 0.2) is 36.5 Å². The standard InChI is InChI=1S/C17H19IN2O2/c1-11-4-6-12(7-5-11)16-14(3-2-8-22-16)20-17(21)15-9-13(18)10-19-15/h4-7,9-10,14,16,19H,2-3,8H2,1H3,(H,20,21). The van der Waals surface area contributed by atoms with Crippen molar-refractivity contribution in [1.82, 2.24) is 10.3 Å². The summed E-state index contributed by atoms with van der Waals surface area (Å²) in [6.45, 7) is 2.81. The lowest BCUT2D eigenvalue weighted by molar-refractivity contribution is -0.00951. The number of carbonyl (C=O) groups excluding carboxylic acids is 1. The van der Waals surface area contributed by atoms with Gasteiger partial charge < -0.3 is 15.0 Å². The van der Waals surface area contributed by atoms with Gasteiger partial charge in [-0.1, -0.05) is 29.8 Å². The van der Waals surface area contributed by atoms with E-state index in [1.54, 1.807) is 0 Å². The number of rotatable bonds is 3. The van der Waals surface area contributed by atoms with E-state index in [4.69, 9.17) is 4.74 Å². The summed E-state index contributed by atoms with van der Waals surface area (Å²) in [4.78, 5) is 15.4. The van der Waals surface area contributed by atoms with Gasteiger partial charge in [-0.2, -0.15) is 0 Å². The van der Waals surface area contributed by atoms with Gasteiger partial charge in [-0.05, 0) is 54.0 Å². The molecule has 4 nitrogen and oxygen atoms in total. The van der Waals surface area contributed by atoms with Crippen LogP contribution in [0.25, 0.3) is 0 Å². The topological polar surface area (TPSA) is 54.1 Å². The molecule has 0 saturated carbocycles. The molecule has 5 heteroatoms. The molecular weight excluding hydrogens is 391 g/mol. The molecule has 2 N–H and O–H groups in total. The maximum atomic E-state index is 12.4. The van der Waals surface area contributed by atoms with Crippen molar-refractivity contribution in [3.8, 4) is 0 Å². The summed E-state index contributed by atoms with van der Waals surface area (Å²) in [5.41, 5.74) is 2.94. The fourth-order valence-electron chi connectivity index (χ4n) is 2.76. The van der Waals surface area contributed by atoms with Crippen molar-refractivity contribution in [2.75, 3.05) is 6.61 Å². The van der Waals surface area contributed by atoms with Crippen LogP contribution in [0.3, 0.4) is 0 Å². The molecule has 2 aromatic rings. The number of hydrogen-bond acceptors (Lipinski definition) is 2. The number of ether oxygens (including phenoxy) is 1. The van der Waals surface area contributed by atoms with E-state index >= 15 is 0 Å². The van der Waals surface area contributed by atoms with E-state index in [0.717, 1.165) is 28.6 Å². The Bertz CT molecular complexity index is 651. The van der Waals surface area contributed by atoms with Crippen LogP contribution in [0.4, 0.5) is 0 Å². The van der Waals surface area contributed by atoms with Crippen molar-refractivity contribution in [2.45, 2.75) is 31.9 Å². The molecule has 1 fully saturated rings. The number of aromatic nitrogens is 1. The normalized spacial score (nSPS) is 21.5. The number of nitrogens with one attached hydrogen (secondary N) is 2. The first kappa shape index (κ1) is 15.6. The van der Waals surface area contributed by atoms with Crippen molar-refractivity contribution in [2.24, 2.45) is 0 Å².